The third-order valence-electron chi connectivity index (χ3n) is 5.79. The molecule has 4 aromatic rings. The highest BCUT2D eigenvalue weighted by atomic mass is 32.1. The van der Waals surface area contributed by atoms with Crippen molar-refractivity contribution in [2.75, 3.05) is 6.61 Å². The van der Waals surface area contributed by atoms with E-state index in [4.69, 9.17) is 18.7 Å². The number of aryl methyl sites for hydroxylation is 1. The van der Waals surface area contributed by atoms with Crippen molar-refractivity contribution in [2.24, 2.45) is 5.16 Å². The third-order valence-corrected chi connectivity index (χ3v) is 6.64. The summed E-state index contributed by atoms with van der Waals surface area (Å²) in [6.45, 7) is 4.79. The highest BCUT2D eigenvalue weighted by Gasteiger charge is 2.13. The first-order valence-electron chi connectivity index (χ1n) is 12.7. The number of benzene rings is 2. The van der Waals surface area contributed by atoms with Crippen LogP contribution >= 0.6 is 11.3 Å². The maximum absolute atomic E-state index is 11.6. The van der Waals surface area contributed by atoms with E-state index < -0.39 is 0 Å². The Morgan fingerprint density at radius 2 is 1.76 bits per heavy atom. The minimum absolute atomic E-state index is 0.159. The van der Waals surface area contributed by atoms with Crippen molar-refractivity contribution < 1.29 is 23.5 Å². The van der Waals surface area contributed by atoms with Gasteiger partial charge in [0.25, 0.3) is 0 Å². The number of carbonyl (C=O) groups excluding carboxylic acids is 1. The van der Waals surface area contributed by atoms with E-state index in [0.29, 0.717) is 38.6 Å². The van der Waals surface area contributed by atoms with Gasteiger partial charge in [-0.15, -0.1) is 11.3 Å². The molecule has 0 atom stereocenters. The van der Waals surface area contributed by atoms with Crippen molar-refractivity contribution >= 4 is 23.0 Å². The van der Waals surface area contributed by atoms with Crippen molar-refractivity contribution in [1.29, 1.82) is 0 Å². The lowest BCUT2D eigenvalue weighted by atomic mass is 10.0. The van der Waals surface area contributed by atoms with E-state index in [1.807, 2.05) is 86.0 Å². The number of unbranched alkanes of at least 4 members (excludes halogenated alkanes) is 1. The zero-order valence-electron chi connectivity index (χ0n) is 21.7. The molecular formula is C30H32N2O5S. The van der Waals surface area contributed by atoms with E-state index in [9.17, 15) is 4.79 Å². The van der Waals surface area contributed by atoms with Gasteiger partial charge >= 0.3 is 5.97 Å². The summed E-state index contributed by atoms with van der Waals surface area (Å²) in [4.78, 5) is 22.9. The average Bonchev–Trinajstić information content (AvgIpc) is 3.60. The van der Waals surface area contributed by atoms with Gasteiger partial charge in [-0.05, 0) is 67.8 Å². The van der Waals surface area contributed by atoms with Crippen LogP contribution in [0.2, 0.25) is 0 Å². The quantitative estimate of drug-likeness (QED) is 0.0731. The van der Waals surface area contributed by atoms with Gasteiger partial charge in [-0.3, -0.25) is 4.79 Å². The molecule has 8 heteroatoms. The second kappa shape index (κ2) is 14.1. The minimum atomic E-state index is -0.159. The Morgan fingerprint density at radius 1 is 0.974 bits per heavy atom. The zero-order valence-corrected chi connectivity index (χ0v) is 22.5. The number of hydrogen-bond acceptors (Lipinski definition) is 8. The number of carbonyl (C=O) groups is 1. The van der Waals surface area contributed by atoms with Gasteiger partial charge in [0.15, 0.2) is 0 Å². The zero-order chi connectivity index (χ0) is 26.6. The Balaban J connectivity index is 1.28. The largest absolute Gasteiger partial charge is 0.487 e. The predicted molar refractivity (Wildman–Crippen MR) is 148 cm³/mol. The Bertz CT molecular complexity index is 1300. The minimum Gasteiger partial charge on any atom is -0.487 e. The molecule has 2 heterocycles. The molecule has 38 heavy (non-hydrogen) atoms. The van der Waals surface area contributed by atoms with E-state index >= 15 is 0 Å². The number of oxime groups is 1. The number of hydrogen-bond donors (Lipinski definition) is 0. The molecule has 0 spiro atoms. The molecule has 198 valence electrons. The molecule has 0 unspecified atom stereocenters. The lowest BCUT2D eigenvalue weighted by molar-refractivity contribution is -0.143. The van der Waals surface area contributed by atoms with Gasteiger partial charge < -0.3 is 18.7 Å². The fourth-order valence-corrected chi connectivity index (χ4v) is 4.40. The summed E-state index contributed by atoms with van der Waals surface area (Å²) in [5, 5.41) is 6.42. The van der Waals surface area contributed by atoms with E-state index in [2.05, 4.69) is 10.1 Å². The number of rotatable bonds is 14. The van der Waals surface area contributed by atoms with Crippen LogP contribution in [0.4, 0.5) is 0 Å². The summed E-state index contributed by atoms with van der Waals surface area (Å²) >= 11 is 1.59. The molecular weight excluding hydrogens is 500 g/mol. The van der Waals surface area contributed by atoms with Gasteiger partial charge in [0.05, 0.1) is 17.2 Å². The summed E-state index contributed by atoms with van der Waals surface area (Å²) in [5.74, 6) is 1.96. The van der Waals surface area contributed by atoms with E-state index in [1.54, 1.807) is 11.3 Å². The van der Waals surface area contributed by atoms with Gasteiger partial charge in [-0.25, -0.2) is 4.98 Å². The first-order valence-corrected chi connectivity index (χ1v) is 13.6. The fourth-order valence-electron chi connectivity index (χ4n) is 3.75. The molecule has 7 nitrogen and oxygen atoms in total. The lowest BCUT2D eigenvalue weighted by Gasteiger charge is -2.08. The van der Waals surface area contributed by atoms with Gasteiger partial charge in [0, 0.05) is 6.42 Å². The average molecular weight is 533 g/mol. The molecule has 0 N–H and O–H groups in total. The van der Waals surface area contributed by atoms with E-state index in [0.717, 1.165) is 51.8 Å². The molecule has 0 amide bonds. The summed E-state index contributed by atoms with van der Waals surface area (Å²) in [6.07, 6.45) is 2.69. The standard InChI is InChI=1S/C30H32N2O5S/c1-3-34-29(33)14-8-7-12-26(24-10-5-4-6-11-24)32-36-20-23-15-17-25(18-16-23)35-21-27-22(2)37-30(31-27)28-13-9-19-38-28/h4-6,9-11,13,15-19H,3,7-8,12,14,20-21H2,1-2H3/b32-26-. The molecule has 0 fully saturated rings. The molecule has 0 aliphatic heterocycles. The number of esters is 1. The topological polar surface area (TPSA) is 83.2 Å². The molecule has 2 aromatic carbocycles. The first kappa shape index (κ1) is 27.1. The van der Waals surface area contributed by atoms with E-state index in [1.165, 1.54) is 0 Å². The second-order valence-electron chi connectivity index (χ2n) is 8.62. The van der Waals surface area contributed by atoms with Crippen LogP contribution in [0, 0.1) is 6.92 Å². The number of nitrogens with zero attached hydrogens (tertiary/aromatic N) is 2. The molecule has 0 aliphatic rings. The van der Waals surface area contributed by atoms with Crippen molar-refractivity contribution in [3.05, 3.63) is 94.7 Å². The van der Waals surface area contributed by atoms with Crippen LogP contribution in [-0.4, -0.2) is 23.3 Å². The van der Waals surface area contributed by atoms with Crippen LogP contribution in [0.1, 0.15) is 55.2 Å². The Labute approximate surface area is 227 Å². The maximum Gasteiger partial charge on any atom is 0.305 e. The maximum atomic E-state index is 11.6. The van der Waals surface area contributed by atoms with Crippen LogP contribution in [0.5, 0.6) is 5.75 Å². The summed E-state index contributed by atoms with van der Waals surface area (Å²) in [5.41, 5.74) is 3.64. The molecule has 0 bridgehead atoms. The highest BCUT2D eigenvalue weighted by Crippen LogP contribution is 2.26. The first-order chi connectivity index (χ1) is 18.6. The van der Waals surface area contributed by atoms with Gasteiger partial charge in [0.2, 0.25) is 5.89 Å². The summed E-state index contributed by atoms with van der Waals surface area (Å²) < 4.78 is 16.7. The Hall–Kier alpha value is -3.91. The molecule has 0 saturated carbocycles. The Kier molecular flexibility index (Phi) is 10.1. The SMILES string of the molecule is CCOC(=O)CCCC/C(=N/OCc1ccc(OCc2nc(-c3cccs3)oc2C)cc1)c1ccccc1. The van der Waals surface area contributed by atoms with Crippen molar-refractivity contribution in [1.82, 2.24) is 4.98 Å². The van der Waals surface area contributed by atoms with Crippen LogP contribution in [-0.2, 0) is 27.6 Å². The molecule has 2 aromatic heterocycles. The van der Waals surface area contributed by atoms with Gasteiger partial charge in [-0.1, -0.05) is 53.7 Å². The summed E-state index contributed by atoms with van der Waals surface area (Å²) in [6, 6.07) is 21.6. The van der Waals surface area contributed by atoms with Crippen LogP contribution in [0.25, 0.3) is 10.8 Å². The molecule has 0 saturated heterocycles. The van der Waals surface area contributed by atoms with E-state index in [-0.39, 0.29) is 5.97 Å². The normalized spacial score (nSPS) is 11.4. The lowest BCUT2D eigenvalue weighted by Crippen LogP contribution is -2.05. The van der Waals surface area contributed by atoms with Crippen LogP contribution in [0.3, 0.4) is 0 Å². The predicted octanol–water partition coefficient (Wildman–Crippen LogP) is 7.33. The molecule has 0 radical (unpaired) electrons. The second-order valence-corrected chi connectivity index (χ2v) is 9.57. The smallest absolute Gasteiger partial charge is 0.305 e. The number of ether oxygens (including phenoxy) is 2. The fraction of sp³-hybridized carbons (Fsp3) is 0.300. The van der Waals surface area contributed by atoms with Crippen molar-refractivity contribution in [3.8, 4) is 16.5 Å². The van der Waals surface area contributed by atoms with Crippen LogP contribution < -0.4 is 4.74 Å². The van der Waals surface area contributed by atoms with Crippen molar-refractivity contribution in [3.63, 3.8) is 0 Å². The number of aromatic nitrogens is 1. The number of oxazole rings is 1. The highest BCUT2D eigenvalue weighted by molar-refractivity contribution is 7.13. The van der Waals surface area contributed by atoms with Crippen LogP contribution in [0.15, 0.2) is 81.7 Å². The summed E-state index contributed by atoms with van der Waals surface area (Å²) in [7, 11) is 0. The van der Waals surface area contributed by atoms with Gasteiger partial charge in [-0.2, -0.15) is 0 Å². The Morgan fingerprint density at radius 3 is 2.50 bits per heavy atom. The van der Waals surface area contributed by atoms with Gasteiger partial charge in [0.1, 0.15) is 30.4 Å². The monoisotopic (exact) mass is 532 g/mol. The third kappa shape index (κ3) is 8.05. The molecule has 0 aliphatic carbocycles. The molecule has 4 rings (SSSR count). The number of thiophene rings is 1. The van der Waals surface area contributed by atoms with Crippen molar-refractivity contribution in [2.45, 2.75) is 52.7 Å².